The molecule has 2 aliphatic rings. The summed E-state index contributed by atoms with van der Waals surface area (Å²) in [6.45, 7) is 1.20. The number of nitrogens with zero attached hydrogens (tertiary/aromatic N) is 3. The Kier molecular flexibility index (Phi) is 5.09. The summed E-state index contributed by atoms with van der Waals surface area (Å²) in [7, 11) is 3.36. The highest BCUT2D eigenvalue weighted by Crippen LogP contribution is 2.47. The number of carbonyl (C=O) groups is 1. The van der Waals surface area contributed by atoms with Crippen molar-refractivity contribution in [1.29, 1.82) is 0 Å². The lowest BCUT2D eigenvalue weighted by Crippen LogP contribution is -2.46. The topological polar surface area (TPSA) is 52.2 Å². The molecule has 1 unspecified atom stereocenters. The molecule has 1 aromatic rings. The molecule has 1 N–H and O–H groups in total. The van der Waals surface area contributed by atoms with Gasteiger partial charge in [-0.05, 0) is 38.1 Å². The molecule has 0 aromatic carbocycles. The molecular weight excluding hydrogens is 333 g/mol. The average Bonchev–Trinajstić information content (AvgIpc) is 2.98. The molecule has 1 saturated heterocycles. The number of amides is 1. The number of aromatic amines is 1. The van der Waals surface area contributed by atoms with Crippen LogP contribution in [0.2, 0.25) is 0 Å². The number of rotatable bonds is 4. The largest absolute Gasteiger partial charge is 0.392 e. The zero-order chi connectivity index (χ0) is 18.2. The molecule has 1 aliphatic heterocycles. The summed E-state index contributed by atoms with van der Waals surface area (Å²) >= 11 is 0. The van der Waals surface area contributed by atoms with E-state index in [1.54, 1.807) is 14.1 Å². The Bertz CT molecular complexity index is 613. The maximum Gasteiger partial charge on any atom is 0.392 e. The van der Waals surface area contributed by atoms with E-state index < -0.39 is 12.1 Å². The highest BCUT2D eigenvalue weighted by molar-refractivity contribution is 5.94. The second-order valence-electron chi connectivity index (χ2n) is 7.39. The maximum atomic E-state index is 13.0. The molecule has 8 heteroatoms. The van der Waals surface area contributed by atoms with E-state index in [1.807, 2.05) is 0 Å². The molecule has 0 bridgehead atoms. The first-order chi connectivity index (χ1) is 11.8. The molecule has 0 spiro atoms. The molecule has 3 rings (SSSR count). The molecule has 5 nitrogen and oxygen atoms in total. The van der Waals surface area contributed by atoms with E-state index in [9.17, 15) is 18.0 Å². The first-order valence-corrected chi connectivity index (χ1v) is 8.84. The maximum absolute atomic E-state index is 13.0. The zero-order valence-electron chi connectivity index (χ0n) is 14.6. The number of halogens is 3. The Balaban J connectivity index is 1.76. The fraction of sp³-hybridized carbons (Fsp3) is 0.765. The van der Waals surface area contributed by atoms with Crippen molar-refractivity contribution in [3.63, 3.8) is 0 Å². The van der Waals surface area contributed by atoms with Crippen LogP contribution >= 0.6 is 0 Å². The number of likely N-dealkylation sites (tertiary alicyclic amines) is 1. The van der Waals surface area contributed by atoms with Crippen LogP contribution < -0.4 is 0 Å². The van der Waals surface area contributed by atoms with Gasteiger partial charge in [-0.2, -0.15) is 18.3 Å². The van der Waals surface area contributed by atoms with Crippen molar-refractivity contribution < 1.29 is 18.0 Å². The van der Waals surface area contributed by atoms with Gasteiger partial charge in [0.1, 0.15) is 0 Å². The first-order valence-electron chi connectivity index (χ1n) is 8.84. The number of piperidine rings is 1. The minimum Gasteiger partial charge on any atom is -0.345 e. The van der Waals surface area contributed by atoms with Crippen molar-refractivity contribution in [3.05, 3.63) is 17.5 Å². The summed E-state index contributed by atoms with van der Waals surface area (Å²) in [5.41, 5.74) is 1.25. The van der Waals surface area contributed by atoms with Crippen LogP contribution in [0, 0.1) is 11.8 Å². The van der Waals surface area contributed by atoms with Crippen molar-refractivity contribution in [3.8, 4) is 0 Å². The molecule has 1 aliphatic carbocycles. The van der Waals surface area contributed by atoms with E-state index in [-0.39, 0.29) is 24.3 Å². The van der Waals surface area contributed by atoms with Gasteiger partial charge < -0.3 is 4.90 Å². The van der Waals surface area contributed by atoms with Gasteiger partial charge in [0.15, 0.2) is 0 Å². The second kappa shape index (κ2) is 6.97. The Labute approximate surface area is 145 Å². The number of hydrogen-bond acceptors (Lipinski definition) is 3. The van der Waals surface area contributed by atoms with E-state index >= 15 is 0 Å². The fourth-order valence-electron chi connectivity index (χ4n) is 4.02. The van der Waals surface area contributed by atoms with Crippen LogP contribution in [-0.4, -0.2) is 59.3 Å². The third kappa shape index (κ3) is 3.68. The van der Waals surface area contributed by atoms with Gasteiger partial charge in [0.25, 0.3) is 5.91 Å². The van der Waals surface area contributed by atoms with E-state index in [1.165, 1.54) is 11.1 Å². The van der Waals surface area contributed by atoms with E-state index in [2.05, 4.69) is 15.1 Å². The van der Waals surface area contributed by atoms with Gasteiger partial charge >= 0.3 is 6.18 Å². The molecule has 2 fully saturated rings. The van der Waals surface area contributed by atoms with Crippen LogP contribution in [0.3, 0.4) is 0 Å². The molecule has 2 heterocycles. The summed E-state index contributed by atoms with van der Waals surface area (Å²) in [5, 5.41) is 6.95. The number of carbonyl (C=O) groups excluding carboxylic acids is 1. The third-order valence-electron chi connectivity index (χ3n) is 5.56. The Hall–Kier alpha value is -1.57. The monoisotopic (exact) mass is 358 g/mol. The summed E-state index contributed by atoms with van der Waals surface area (Å²) in [6.07, 6.45) is 1.09. The van der Waals surface area contributed by atoms with E-state index in [0.29, 0.717) is 18.5 Å². The molecular formula is C17H25F3N4O. The minimum atomic E-state index is -4.10. The molecule has 1 aromatic heterocycles. The first kappa shape index (κ1) is 18.2. The number of nitrogens with one attached hydrogen (secondary N) is 1. The fourth-order valence-corrected chi connectivity index (χ4v) is 4.02. The highest BCUT2D eigenvalue weighted by atomic mass is 19.4. The predicted molar refractivity (Wildman–Crippen MR) is 87.0 cm³/mol. The van der Waals surface area contributed by atoms with Gasteiger partial charge in [-0.3, -0.25) is 14.8 Å². The Morgan fingerprint density at radius 2 is 2.08 bits per heavy atom. The lowest BCUT2D eigenvalue weighted by Gasteiger charge is -2.44. The zero-order valence-corrected chi connectivity index (χ0v) is 14.6. The van der Waals surface area contributed by atoms with Crippen LogP contribution in [0.4, 0.5) is 13.2 Å². The van der Waals surface area contributed by atoms with Crippen molar-refractivity contribution in [1.82, 2.24) is 20.0 Å². The van der Waals surface area contributed by atoms with Crippen LogP contribution in [0.1, 0.15) is 54.2 Å². The highest BCUT2D eigenvalue weighted by Gasteiger charge is 2.50. The summed E-state index contributed by atoms with van der Waals surface area (Å²) < 4.78 is 39.1. The van der Waals surface area contributed by atoms with Gasteiger partial charge in [-0.1, -0.05) is 6.42 Å². The smallest absolute Gasteiger partial charge is 0.345 e. The molecule has 0 radical (unpaired) electrons. The van der Waals surface area contributed by atoms with Gasteiger partial charge in [0, 0.05) is 20.6 Å². The molecule has 140 valence electrons. The Morgan fingerprint density at radius 1 is 1.32 bits per heavy atom. The minimum absolute atomic E-state index is 0.0652. The average molecular weight is 358 g/mol. The van der Waals surface area contributed by atoms with Gasteiger partial charge in [-0.15, -0.1) is 0 Å². The standard InChI is InChI=1S/C17H25F3N4O/c1-23(2)16(25)12-9-21-22-15(12)14-5-3-4-8-24(14)10-11-6-7-13(11)17(18,19)20/h9,11,13-14H,3-8,10H2,1-2H3,(H,21,22)/t11-,13+,14?/m0/s1. The number of alkyl halides is 3. The summed E-state index contributed by atoms with van der Waals surface area (Å²) in [5.74, 6) is -1.65. The van der Waals surface area contributed by atoms with Crippen LogP contribution in [0.25, 0.3) is 0 Å². The molecule has 3 atom stereocenters. The molecule has 1 amide bonds. The number of hydrogen-bond donors (Lipinski definition) is 1. The van der Waals surface area contributed by atoms with Crippen molar-refractivity contribution in [2.24, 2.45) is 11.8 Å². The van der Waals surface area contributed by atoms with Crippen LogP contribution in [-0.2, 0) is 0 Å². The summed E-state index contributed by atoms with van der Waals surface area (Å²) in [6, 6.07) is -0.0652. The van der Waals surface area contributed by atoms with Gasteiger partial charge in [0.05, 0.1) is 29.4 Å². The number of H-pyrrole nitrogens is 1. The lowest BCUT2D eigenvalue weighted by atomic mass is 9.72. The number of aromatic nitrogens is 2. The van der Waals surface area contributed by atoms with E-state index in [0.717, 1.165) is 31.5 Å². The van der Waals surface area contributed by atoms with Gasteiger partial charge in [-0.25, -0.2) is 0 Å². The Morgan fingerprint density at radius 3 is 2.68 bits per heavy atom. The molecule has 1 saturated carbocycles. The third-order valence-corrected chi connectivity index (χ3v) is 5.56. The quantitative estimate of drug-likeness (QED) is 0.899. The van der Waals surface area contributed by atoms with Crippen LogP contribution in [0.15, 0.2) is 6.20 Å². The molecule has 25 heavy (non-hydrogen) atoms. The van der Waals surface area contributed by atoms with Crippen molar-refractivity contribution in [2.75, 3.05) is 27.2 Å². The second-order valence-corrected chi connectivity index (χ2v) is 7.39. The van der Waals surface area contributed by atoms with Crippen LogP contribution in [0.5, 0.6) is 0 Å². The van der Waals surface area contributed by atoms with Crippen molar-refractivity contribution >= 4 is 5.91 Å². The summed E-state index contributed by atoms with van der Waals surface area (Å²) in [4.78, 5) is 16.0. The SMILES string of the molecule is CN(C)C(=O)c1cn[nH]c1C1CCCCN1C[C@@H]1CC[C@H]1C(F)(F)F. The lowest BCUT2D eigenvalue weighted by molar-refractivity contribution is -0.215. The predicted octanol–water partition coefficient (Wildman–Crippen LogP) is 3.23. The van der Waals surface area contributed by atoms with Crippen molar-refractivity contribution in [2.45, 2.75) is 44.3 Å². The normalized spacial score (nSPS) is 27.8. The van der Waals surface area contributed by atoms with E-state index in [4.69, 9.17) is 0 Å². The van der Waals surface area contributed by atoms with Gasteiger partial charge in [0.2, 0.25) is 0 Å².